The Morgan fingerprint density at radius 2 is 1.67 bits per heavy atom. The Morgan fingerprint density at radius 1 is 0.944 bits per heavy atom. The van der Waals surface area contributed by atoms with Gasteiger partial charge in [-0.1, -0.05) is 36.4 Å². The Balaban J connectivity index is 2.09. The van der Waals surface area contributed by atoms with Gasteiger partial charge in [0.05, 0.1) is 6.61 Å². The standard InChI is InChI=1S/C15H17NO2/c16-9-13-6-14(10-17)8-15(7-13)18-11-12-4-2-1-3-5-12/h1-8,17H,9-11,16H2. The van der Waals surface area contributed by atoms with Crippen LogP contribution in [0.15, 0.2) is 48.5 Å². The Hall–Kier alpha value is -1.84. The van der Waals surface area contributed by atoms with Crippen LogP contribution in [0.25, 0.3) is 0 Å². The molecule has 0 aromatic heterocycles. The highest BCUT2D eigenvalue weighted by Gasteiger charge is 2.01. The molecule has 18 heavy (non-hydrogen) atoms. The van der Waals surface area contributed by atoms with Gasteiger partial charge in [0, 0.05) is 6.54 Å². The molecule has 3 nitrogen and oxygen atoms in total. The molecule has 0 saturated carbocycles. The van der Waals surface area contributed by atoms with E-state index in [0.717, 1.165) is 22.4 Å². The molecule has 0 spiro atoms. The van der Waals surface area contributed by atoms with Gasteiger partial charge in [-0.3, -0.25) is 0 Å². The van der Waals surface area contributed by atoms with Crippen molar-refractivity contribution in [2.75, 3.05) is 0 Å². The fourth-order valence-corrected chi connectivity index (χ4v) is 1.76. The van der Waals surface area contributed by atoms with Gasteiger partial charge in [-0.15, -0.1) is 0 Å². The number of nitrogens with two attached hydrogens (primary N) is 1. The van der Waals surface area contributed by atoms with Crippen LogP contribution in [0.3, 0.4) is 0 Å². The van der Waals surface area contributed by atoms with Crippen LogP contribution in [-0.4, -0.2) is 5.11 Å². The van der Waals surface area contributed by atoms with E-state index in [0.29, 0.717) is 13.2 Å². The third kappa shape index (κ3) is 3.32. The second-order valence-electron chi connectivity index (χ2n) is 4.12. The van der Waals surface area contributed by atoms with E-state index in [-0.39, 0.29) is 6.61 Å². The molecule has 2 aromatic carbocycles. The van der Waals surface area contributed by atoms with E-state index in [4.69, 9.17) is 10.5 Å². The van der Waals surface area contributed by atoms with Crippen molar-refractivity contribution >= 4 is 0 Å². The van der Waals surface area contributed by atoms with E-state index >= 15 is 0 Å². The molecule has 2 rings (SSSR count). The molecule has 0 fully saturated rings. The maximum atomic E-state index is 9.17. The van der Waals surface area contributed by atoms with Crippen molar-refractivity contribution in [1.29, 1.82) is 0 Å². The van der Waals surface area contributed by atoms with Gasteiger partial charge in [0.15, 0.2) is 0 Å². The first-order valence-electron chi connectivity index (χ1n) is 5.92. The lowest BCUT2D eigenvalue weighted by atomic mass is 10.1. The number of rotatable bonds is 5. The predicted octanol–water partition coefficient (Wildman–Crippen LogP) is 2.22. The molecule has 0 aliphatic heterocycles. The predicted molar refractivity (Wildman–Crippen MR) is 71.0 cm³/mol. The second kappa shape index (κ2) is 6.19. The van der Waals surface area contributed by atoms with Gasteiger partial charge in [0.1, 0.15) is 12.4 Å². The average Bonchev–Trinajstić information content (AvgIpc) is 2.45. The van der Waals surface area contributed by atoms with E-state index in [1.165, 1.54) is 0 Å². The van der Waals surface area contributed by atoms with Gasteiger partial charge in [-0.05, 0) is 28.8 Å². The molecule has 0 aliphatic rings. The zero-order valence-corrected chi connectivity index (χ0v) is 10.2. The summed E-state index contributed by atoms with van der Waals surface area (Å²) in [6.07, 6.45) is 0. The normalized spacial score (nSPS) is 10.3. The molecule has 2 aromatic rings. The summed E-state index contributed by atoms with van der Waals surface area (Å²) in [5, 5.41) is 9.17. The van der Waals surface area contributed by atoms with Crippen molar-refractivity contribution in [3.8, 4) is 5.75 Å². The molecule has 0 radical (unpaired) electrons. The van der Waals surface area contributed by atoms with Gasteiger partial charge in [-0.2, -0.15) is 0 Å². The minimum atomic E-state index is -0.00443. The third-order valence-electron chi connectivity index (χ3n) is 2.69. The maximum Gasteiger partial charge on any atom is 0.120 e. The van der Waals surface area contributed by atoms with Gasteiger partial charge in [0.25, 0.3) is 0 Å². The topological polar surface area (TPSA) is 55.5 Å². The van der Waals surface area contributed by atoms with Crippen molar-refractivity contribution in [3.63, 3.8) is 0 Å². The van der Waals surface area contributed by atoms with E-state index in [1.807, 2.05) is 48.5 Å². The molecule has 3 heteroatoms. The molecule has 0 unspecified atom stereocenters. The van der Waals surface area contributed by atoms with Gasteiger partial charge in [0.2, 0.25) is 0 Å². The first-order valence-corrected chi connectivity index (χ1v) is 5.92. The summed E-state index contributed by atoms with van der Waals surface area (Å²) in [5.41, 5.74) is 8.51. The quantitative estimate of drug-likeness (QED) is 0.846. The Labute approximate surface area is 107 Å². The first-order chi connectivity index (χ1) is 8.81. The molecular weight excluding hydrogens is 226 g/mol. The zero-order chi connectivity index (χ0) is 12.8. The second-order valence-corrected chi connectivity index (χ2v) is 4.12. The molecule has 0 aliphatic carbocycles. The Morgan fingerprint density at radius 3 is 2.33 bits per heavy atom. The minimum Gasteiger partial charge on any atom is -0.489 e. The van der Waals surface area contributed by atoms with Gasteiger partial charge < -0.3 is 15.6 Å². The lowest BCUT2D eigenvalue weighted by Crippen LogP contribution is -2.01. The van der Waals surface area contributed by atoms with E-state index in [1.54, 1.807) is 0 Å². The number of hydrogen-bond donors (Lipinski definition) is 2. The van der Waals surface area contributed by atoms with Crippen molar-refractivity contribution in [2.24, 2.45) is 5.73 Å². The highest BCUT2D eigenvalue weighted by Crippen LogP contribution is 2.18. The Kier molecular flexibility index (Phi) is 4.34. The fraction of sp³-hybridized carbons (Fsp3) is 0.200. The summed E-state index contributed by atoms with van der Waals surface area (Å²) in [5.74, 6) is 0.742. The van der Waals surface area contributed by atoms with Crippen LogP contribution in [0.5, 0.6) is 5.75 Å². The monoisotopic (exact) mass is 243 g/mol. The summed E-state index contributed by atoms with van der Waals surface area (Å²) in [6, 6.07) is 15.6. The van der Waals surface area contributed by atoms with Crippen LogP contribution < -0.4 is 10.5 Å². The SMILES string of the molecule is NCc1cc(CO)cc(OCc2ccccc2)c1. The van der Waals surface area contributed by atoms with Crippen LogP contribution in [0.2, 0.25) is 0 Å². The van der Waals surface area contributed by atoms with E-state index in [9.17, 15) is 5.11 Å². The maximum absolute atomic E-state index is 9.17. The average molecular weight is 243 g/mol. The highest BCUT2D eigenvalue weighted by molar-refractivity contribution is 5.34. The smallest absolute Gasteiger partial charge is 0.120 e. The van der Waals surface area contributed by atoms with Crippen molar-refractivity contribution < 1.29 is 9.84 Å². The lowest BCUT2D eigenvalue weighted by Gasteiger charge is -2.09. The zero-order valence-electron chi connectivity index (χ0n) is 10.2. The van der Waals surface area contributed by atoms with Gasteiger partial charge >= 0.3 is 0 Å². The van der Waals surface area contributed by atoms with E-state index < -0.39 is 0 Å². The molecule has 3 N–H and O–H groups in total. The van der Waals surface area contributed by atoms with Crippen molar-refractivity contribution in [3.05, 3.63) is 65.2 Å². The van der Waals surface area contributed by atoms with Crippen LogP contribution in [0, 0.1) is 0 Å². The van der Waals surface area contributed by atoms with Crippen LogP contribution >= 0.6 is 0 Å². The first kappa shape index (κ1) is 12.6. The van der Waals surface area contributed by atoms with Crippen LogP contribution in [-0.2, 0) is 19.8 Å². The molecule has 0 bridgehead atoms. The summed E-state index contributed by atoms with van der Waals surface area (Å²) in [4.78, 5) is 0. The van der Waals surface area contributed by atoms with Crippen molar-refractivity contribution in [1.82, 2.24) is 0 Å². The molecular formula is C15H17NO2. The summed E-state index contributed by atoms with van der Waals surface area (Å²) in [7, 11) is 0. The van der Waals surface area contributed by atoms with E-state index in [2.05, 4.69) is 0 Å². The number of ether oxygens (including phenoxy) is 1. The summed E-state index contributed by atoms with van der Waals surface area (Å²) in [6.45, 7) is 0.949. The molecule has 0 saturated heterocycles. The van der Waals surface area contributed by atoms with Gasteiger partial charge in [-0.25, -0.2) is 0 Å². The van der Waals surface area contributed by atoms with Crippen molar-refractivity contribution in [2.45, 2.75) is 19.8 Å². The fourth-order valence-electron chi connectivity index (χ4n) is 1.76. The number of hydrogen-bond acceptors (Lipinski definition) is 3. The lowest BCUT2D eigenvalue weighted by molar-refractivity contribution is 0.277. The number of benzene rings is 2. The Bertz CT molecular complexity index is 475. The van der Waals surface area contributed by atoms with Crippen LogP contribution in [0.1, 0.15) is 16.7 Å². The molecule has 0 amide bonds. The highest BCUT2D eigenvalue weighted by atomic mass is 16.5. The third-order valence-corrected chi connectivity index (χ3v) is 2.69. The minimum absolute atomic E-state index is 0.00443. The number of aliphatic hydroxyl groups excluding tert-OH is 1. The number of aliphatic hydroxyl groups is 1. The molecule has 0 atom stereocenters. The molecule has 0 heterocycles. The molecule has 94 valence electrons. The largest absolute Gasteiger partial charge is 0.489 e. The summed E-state index contributed by atoms with van der Waals surface area (Å²) >= 11 is 0. The summed E-state index contributed by atoms with van der Waals surface area (Å²) < 4.78 is 5.71. The van der Waals surface area contributed by atoms with Crippen LogP contribution in [0.4, 0.5) is 0 Å².